The van der Waals surface area contributed by atoms with Gasteiger partial charge in [-0.2, -0.15) is 0 Å². The molecular formula is C19H33IN4O3S. The smallest absolute Gasteiger partial charge is 0.213 e. The lowest BCUT2D eigenvalue weighted by molar-refractivity contribution is 0.0200. The second kappa shape index (κ2) is 12.6. The molecule has 2 atom stereocenters. The highest BCUT2D eigenvalue weighted by atomic mass is 127. The zero-order valence-electron chi connectivity index (χ0n) is 16.7. The normalized spacial score (nSPS) is 18.9. The Bertz CT molecular complexity index is 704. The van der Waals surface area contributed by atoms with E-state index >= 15 is 0 Å². The molecule has 1 aliphatic heterocycles. The van der Waals surface area contributed by atoms with Crippen LogP contribution in [-0.4, -0.2) is 45.9 Å². The van der Waals surface area contributed by atoms with E-state index in [1.165, 1.54) is 5.56 Å². The summed E-state index contributed by atoms with van der Waals surface area (Å²) in [5.41, 5.74) is 7.96. The fourth-order valence-corrected chi connectivity index (χ4v) is 3.78. The van der Waals surface area contributed by atoms with E-state index in [0.717, 1.165) is 31.4 Å². The van der Waals surface area contributed by atoms with Gasteiger partial charge < -0.3 is 15.8 Å². The van der Waals surface area contributed by atoms with E-state index in [-0.39, 0.29) is 48.3 Å². The van der Waals surface area contributed by atoms with Gasteiger partial charge in [-0.1, -0.05) is 26.0 Å². The van der Waals surface area contributed by atoms with Crippen LogP contribution in [0.15, 0.2) is 29.3 Å². The van der Waals surface area contributed by atoms with Crippen LogP contribution < -0.4 is 15.8 Å². The van der Waals surface area contributed by atoms with E-state index in [1.807, 2.05) is 12.1 Å². The molecule has 1 aromatic rings. The third kappa shape index (κ3) is 9.06. The number of halogens is 1. The fraction of sp³-hybridized carbons (Fsp3) is 0.632. The molecule has 1 saturated heterocycles. The van der Waals surface area contributed by atoms with Gasteiger partial charge in [0.1, 0.15) is 0 Å². The highest BCUT2D eigenvalue weighted by Gasteiger charge is 2.17. The number of sulfonamides is 1. The predicted molar refractivity (Wildman–Crippen MR) is 126 cm³/mol. The van der Waals surface area contributed by atoms with Crippen molar-refractivity contribution < 1.29 is 13.2 Å². The van der Waals surface area contributed by atoms with Gasteiger partial charge in [0, 0.05) is 18.8 Å². The first-order chi connectivity index (χ1) is 12.9. The Morgan fingerprint density at radius 2 is 2.04 bits per heavy atom. The number of aliphatic imine (C=N–C) groups is 1. The van der Waals surface area contributed by atoms with Crippen LogP contribution in [0.4, 0.5) is 5.69 Å². The zero-order valence-corrected chi connectivity index (χ0v) is 19.8. The molecule has 0 radical (unpaired) electrons. The number of rotatable bonds is 9. The molecule has 2 unspecified atom stereocenters. The van der Waals surface area contributed by atoms with E-state index in [1.54, 1.807) is 0 Å². The maximum atomic E-state index is 12.0. The molecule has 2 rings (SSSR count). The van der Waals surface area contributed by atoms with Crippen LogP contribution in [0, 0.1) is 0 Å². The maximum Gasteiger partial charge on any atom is 0.213 e. The Morgan fingerprint density at radius 3 is 2.64 bits per heavy atom. The zero-order chi connectivity index (χ0) is 19.7. The molecule has 0 spiro atoms. The number of anilines is 1. The second-order valence-corrected chi connectivity index (χ2v) is 8.91. The van der Waals surface area contributed by atoms with Gasteiger partial charge in [0.25, 0.3) is 0 Å². The summed E-state index contributed by atoms with van der Waals surface area (Å²) in [7, 11) is -3.39. The number of nitrogens with zero attached hydrogens (tertiary/aromatic N) is 1. The minimum absolute atomic E-state index is 0. The average molecular weight is 524 g/mol. The largest absolute Gasteiger partial charge is 0.377 e. The minimum Gasteiger partial charge on any atom is -0.377 e. The lowest BCUT2D eigenvalue weighted by Crippen LogP contribution is -2.37. The van der Waals surface area contributed by atoms with Crippen LogP contribution in [0.2, 0.25) is 0 Å². The first kappa shape index (κ1) is 25.1. The van der Waals surface area contributed by atoms with Crippen LogP contribution in [-0.2, 0) is 14.8 Å². The first-order valence-corrected chi connectivity index (χ1v) is 11.3. The monoisotopic (exact) mass is 524 g/mol. The van der Waals surface area contributed by atoms with Gasteiger partial charge in [0.05, 0.1) is 18.4 Å². The van der Waals surface area contributed by atoms with Gasteiger partial charge >= 0.3 is 0 Å². The molecule has 0 saturated carbocycles. The molecule has 160 valence electrons. The van der Waals surface area contributed by atoms with Crippen molar-refractivity contribution in [2.45, 2.75) is 51.6 Å². The van der Waals surface area contributed by atoms with Crippen LogP contribution in [0.3, 0.4) is 0 Å². The molecule has 9 heteroatoms. The number of guanidine groups is 1. The number of ether oxygens (including phenoxy) is 1. The van der Waals surface area contributed by atoms with E-state index in [2.05, 4.69) is 41.0 Å². The minimum atomic E-state index is -3.39. The SMILES string of the molecule is CCC(C)c1ccc(NC(N)=NCCS(=O)(=O)NCC2CCCCO2)cc1.I. The summed E-state index contributed by atoms with van der Waals surface area (Å²) in [6.45, 7) is 5.48. The maximum absolute atomic E-state index is 12.0. The molecule has 4 N–H and O–H groups in total. The van der Waals surface area contributed by atoms with Gasteiger partial charge in [0.15, 0.2) is 5.96 Å². The Hall–Kier alpha value is -0.910. The van der Waals surface area contributed by atoms with Crippen molar-refractivity contribution >= 4 is 45.6 Å². The molecule has 0 aliphatic carbocycles. The number of benzene rings is 1. The molecule has 1 fully saturated rings. The van der Waals surface area contributed by atoms with Crippen LogP contribution >= 0.6 is 24.0 Å². The Kier molecular flexibility index (Phi) is 11.3. The Balaban J connectivity index is 0.00000392. The second-order valence-electron chi connectivity index (χ2n) is 6.98. The lowest BCUT2D eigenvalue weighted by atomic mass is 9.99. The van der Waals surface area contributed by atoms with E-state index in [9.17, 15) is 8.42 Å². The summed E-state index contributed by atoms with van der Waals surface area (Å²) in [4.78, 5) is 4.11. The summed E-state index contributed by atoms with van der Waals surface area (Å²) < 4.78 is 32.2. The number of nitrogens with two attached hydrogens (primary N) is 1. The highest BCUT2D eigenvalue weighted by molar-refractivity contribution is 14.0. The molecule has 28 heavy (non-hydrogen) atoms. The van der Waals surface area contributed by atoms with Crippen molar-refractivity contribution in [2.24, 2.45) is 10.7 Å². The molecule has 1 aromatic carbocycles. The van der Waals surface area contributed by atoms with Gasteiger partial charge in [-0.25, -0.2) is 13.1 Å². The van der Waals surface area contributed by atoms with Crippen LogP contribution in [0.25, 0.3) is 0 Å². The summed E-state index contributed by atoms with van der Waals surface area (Å²) in [5.74, 6) is 0.619. The Labute approximate surface area is 186 Å². The fourth-order valence-electron chi connectivity index (χ4n) is 2.86. The van der Waals surface area contributed by atoms with Crippen molar-refractivity contribution in [3.8, 4) is 0 Å². The molecule has 0 aromatic heterocycles. The third-order valence-electron chi connectivity index (χ3n) is 4.81. The van der Waals surface area contributed by atoms with Crippen molar-refractivity contribution in [3.05, 3.63) is 29.8 Å². The highest BCUT2D eigenvalue weighted by Crippen LogP contribution is 2.20. The third-order valence-corrected chi connectivity index (χ3v) is 6.14. The molecule has 0 amide bonds. The molecule has 7 nitrogen and oxygen atoms in total. The molecule has 0 bridgehead atoms. The van der Waals surface area contributed by atoms with Crippen molar-refractivity contribution in [1.29, 1.82) is 0 Å². The number of nitrogens with one attached hydrogen (secondary N) is 2. The van der Waals surface area contributed by atoms with Crippen molar-refractivity contribution in [3.63, 3.8) is 0 Å². The average Bonchev–Trinajstić information content (AvgIpc) is 2.67. The topological polar surface area (TPSA) is 106 Å². The summed E-state index contributed by atoms with van der Waals surface area (Å²) in [6.07, 6.45) is 4.09. The van der Waals surface area contributed by atoms with Crippen LogP contribution in [0.1, 0.15) is 51.0 Å². The van der Waals surface area contributed by atoms with Crippen LogP contribution in [0.5, 0.6) is 0 Å². The molecule has 1 aliphatic rings. The van der Waals surface area contributed by atoms with Gasteiger partial charge in [-0.15, -0.1) is 24.0 Å². The summed E-state index contributed by atoms with van der Waals surface area (Å²) in [5, 5.41) is 2.99. The number of hydrogen-bond donors (Lipinski definition) is 3. The quantitative estimate of drug-likeness (QED) is 0.262. The Morgan fingerprint density at radius 1 is 1.32 bits per heavy atom. The van der Waals surface area contributed by atoms with Crippen molar-refractivity contribution in [2.75, 3.05) is 30.8 Å². The van der Waals surface area contributed by atoms with Gasteiger partial charge in [-0.3, -0.25) is 4.99 Å². The van der Waals surface area contributed by atoms with Gasteiger partial charge in [-0.05, 0) is 49.3 Å². The van der Waals surface area contributed by atoms with E-state index < -0.39 is 10.0 Å². The van der Waals surface area contributed by atoms with E-state index in [0.29, 0.717) is 19.1 Å². The molecular weight excluding hydrogens is 491 g/mol. The predicted octanol–water partition coefficient (Wildman–Crippen LogP) is 3.03. The summed E-state index contributed by atoms with van der Waals surface area (Å²) in [6, 6.07) is 8.02. The van der Waals surface area contributed by atoms with Gasteiger partial charge in [0.2, 0.25) is 10.0 Å². The standard InChI is InChI=1S/C19H32N4O3S.HI/c1-3-15(2)16-7-9-17(10-8-16)23-19(20)21-11-13-27(24,25)22-14-18-6-4-5-12-26-18;/h7-10,15,18,22H,3-6,11-14H2,1-2H3,(H3,20,21,23);1H. The number of hydrogen-bond acceptors (Lipinski definition) is 4. The summed E-state index contributed by atoms with van der Waals surface area (Å²) >= 11 is 0. The van der Waals surface area contributed by atoms with Crippen molar-refractivity contribution in [1.82, 2.24) is 4.72 Å². The first-order valence-electron chi connectivity index (χ1n) is 9.65. The lowest BCUT2D eigenvalue weighted by Gasteiger charge is -2.22. The van der Waals surface area contributed by atoms with E-state index in [4.69, 9.17) is 10.5 Å². The molecule has 1 heterocycles.